The lowest BCUT2D eigenvalue weighted by atomic mass is 10.1. The van der Waals surface area contributed by atoms with Crippen molar-refractivity contribution in [2.75, 3.05) is 11.9 Å². The largest absolute Gasteiger partial charge is 0.394 e. The highest BCUT2D eigenvalue weighted by Crippen LogP contribution is 2.22. The van der Waals surface area contributed by atoms with Crippen molar-refractivity contribution in [2.45, 2.75) is 26.4 Å². The molecule has 3 rings (SSSR count). The first-order valence-electron chi connectivity index (χ1n) is 8.20. The number of aliphatic hydroxyl groups excluding tert-OH is 1. The zero-order valence-corrected chi connectivity index (χ0v) is 14.1. The van der Waals surface area contributed by atoms with Crippen molar-refractivity contribution in [3.05, 3.63) is 53.9 Å². The number of rotatable bonds is 7. The van der Waals surface area contributed by atoms with Crippen LogP contribution in [0.4, 0.5) is 5.82 Å². The fraction of sp³-hybridized carbons (Fsp3) is 0.333. The number of aromatic nitrogens is 4. The Balaban J connectivity index is 1.82. The van der Waals surface area contributed by atoms with E-state index in [1.54, 1.807) is 0 Å². The van der Waals surface area contributed by atoms with Crippen LogP contribution in [-0.4, -0.2) is 31.3 Å². The first-order valence-corrected chi connectivity index (χ1v) is 8.20. The number of anilines is 1. The van der Waals surface area contributed by atoms with Crippen LogP contribution >= 0.6 is 0 Å². The maximum atomic E-state index is 9.29. The van der Waals surface area contributed by atoms with Gasteiger partial charge in [0.25, 0.3) is 0 Å². The minimum absolute atomic E-state index is 0.0533. The number of hydrogen-bond donors (Lipinski definition) is 2. The predicted octanol–water partition coefficient (Wildman–Crippen LogP) is 2.45. The first kappa shape index (κ1) is 16.3. The summed E-state index contributed by atoms with van der Waals surface area (Å²) >= 11 is 0. The number of aryl methyl sites for hydroxylation is 2. The van der Waals surface area contributed by atoms with E-state index in [1.165, 1.54) is 5.56 Å². The molecule has 0 saturated heterocycles. The lowest BCUT2D eigenvalue weighted by Crippen LogP contribution is -2.10. The van der Waals surface area contributed by atoms with Crippen LogP contribution in [0.25, 0.3) is 11.3 Å². The summed E-state index contributed by atoms with van der Waals surface area (Å²) in [6.07, 6.45) is 2.94. The van der Waals surface area contributed by atoms with Crippen LogP contribution in [0.15, 0.2) is 42.6 Å². The van der Waals surface area contributed by atoms with Crippen molar-refractivity contribution in [3.8, 4) is 11.3 Å². The Labute approximate surface area is 141 Å². The average molecular weight is 325 g/mol. The summed E-state index contributed by atoms with van der Waals surface area (Å²) in [5.74, 6) is 0.897. The van der Waals surface area contributed by atoms with E-state index in [-0.39, 0.29) is 6.61 Å². The molecule has 24 heavy (non-hydrogen) atoms. The number of nitrogens with zero attached hydrogens (tertiary/aromatic N) is 4. The van der Waals surface area contributed by atoms with Crippen LogP contribution in [0.1, 0.15) is 18.2 Å². The molecule has 0 amide bonds. The number of hydrogen-bond acceptors (Lipinski definition) is 4. The molecule has 0 spiro atoms. The SMILES string of the molecule is CCc1nn(C)cc1CNc1cc(-c2ccccc2)nn1CCO. The van der Waals surface area contributed by atoms with E-state index in [1.807, 2.05) is 59.0 Å². The molecule has 0 atom stereocenters. The highest BCUT2D eigenvalue weighted by Gasteiger charge is 2.11. The summed E-state index contributed by atoms with van der Waals surface area (Å²) in [5.41, 5.74) is 4.24. The van der Waals surface area contributed by atoms with Crippen molar-refractivity contribution >= 4 is 5.82 Å². The van der Waals surface area contributed by atoms with Crippen LogP contribution in [0, 0.1) is 0 Å². The van der Waals surface area contributed by atoms with Crippen molar-refractivity contribution in [3.63, 3.8) is 0 Å². The van der Waals surface area contributed by atoms with E-state index in [0.717, 1.165) is 29.2 Å². The van der Waals surface area contributed by atoms with Crippen LogP contribution in [0.5, 0.6) is 0 Å². The maximum absolute atomic E-state index is 9.29. The summed E-state index contributed by atoms with van der Waals surface area (Å²) in [6, 6.07) is 12.1. The molecule has 0 aliphatic rings. The van der Waals surface area contributed by atoms with Gasteiger partial charge in [0.15, 0.2) is 0 Å². The van der Waals surface area contributed by atoms with Gasteiger partial charge in [-0.1, -0.05) is 37.3 Å². The third-order valence-corrected chi connectivity index (χ3v) is 3.95. The summed E-state index contributed by atoms with van der Waals surface area (Å²) < 4.78 is 3.65. The fourth-order valence-corrected chi connectivity index (χ4v) is 2.79. The molecule has 126 valence electrons. The van der Waals surface area contributed by atoms with Gasteiger partial charge in [-0.3, -0.25) is 4.68 Å². The molecule has 0 radical (unpaired) electrons. The molecule has 1 aromatic carbocycles. The molecule has 0 aliphatic heterocycles. The van der Waals surface area contributed by atoms with Crippen LogP contribution < -0.4 is 5.32 Å². The topological polar surface area (TPSA) is 67.9 Å². The van der Waals surface area contributed by atoms with Crippen LogP contribution in [0.2, 0.25) is 0 Å². The highest BCUT2D eigenvalue weighted by atomic mass is 16.3. The highest BCUT2D eigenvalue weighted by molar-refractivity contribution is 5.63. The summed E-state index contributed by atoms with van der Waals surface area (Å²) in [4.78, 5) is 0. The smallest absolute Gasteiger partial charge is 0.125 e. The second-order valence-electron chi connectivity index (χ2n) is 5.71. The van der Waals surface area contributed by atoms with Gasteiger partial charge in [0.1, 0.15) is 5.82 Å². The Morgan fingerprint density at radius 3 is 2.67 bits per heavy atom. The molecule has 0 saturated carbocycles. The Morgan fingerprint density at radius 2 is 1.96 bits per heavy atom. The van der Waals surface area contributed by atoms with Crippen molar-refractivity contribution in [1.29, 1.82) is 0 Å². The Hall–Kier alpha value is -2.60. The summed E-state index contributed by atoms with van der Waals surface area (Å²) in [5, 5.41) is 21.8. The monoisotopic (exact) mass is 325 g/mol. The lowest BCUT2D eigenvalue weighted by molar-refractivity contribution is 0.270. The Morgan fingerprint density at radius 1 is 1.17 bits per heavy atom. The molecular weight excluding hydrogens is 302 g/mol. The third-order valence-electron chi connectivity index (χ3n) is 3.95. The Bertz CT molecular complexity index is 791. The van der Waals surface area contributed by atoms with E-state index < -0.39 is 0 Å². The van der Waals surface area contributed by atoms with E-state index in [4.69, 9.17) is 0 Å². The van der Waals surface area contributed by atoms with Gasteiger partial charge < -0.3 is 10.4 Å². The Kier molecular flexibility index (Phi) is 4.96. The lowest BCUT2D eigenvalue weighted by Gasteiger charge is -2.08. The molecule has 0 fully saturated rings. The van der Waals surface area contributed by atoms with Gasteiger partial charge in [0.2, 0.25) is 0 Å². The fourth-order valence-electron chi connectivity index (χ4n) is 2.79. The molecule has 2 heterocycles. The van der Waals surface area contributed by atoms with Gasteiger partial charge in [-0.25, -0.2) is 4.68 Å². The average Bonchev–Trinajstić information content (AvgIpc) is 3.17. The van der Waals surface area contributed by atoms with Crippen molar-refractivity contribution in [1.82, 2.24) is 19.6 Å². The first-order chi connectivity index (χ1) is 11.7. The second kappa shape index (κ2) is 7.31. The predicted molar refractivity (Wildman–Crippen MR) is 94.7 cm³/mol. The number of benzene rings is 1. The van der Waals surface area contributed by atoms with Crippen LogP contribution in [0.3, 0.4) is 0 Å². The maximum Gasteiger partial charge on any atom is 0.125 e. The van der Waals surface area contributed by atoms with E-state index in [9.17, 15) is 5.11 Å². The minimum Gasteiger partial charge on any atom is -0.394 e. The molecular formula is C18H23N5O. The van der Waals surface area contributed by atoms with Crippen molar-refractivity contribution in [2.24, 2.45) is 7.05 Å². The van der Waals surface area contributed by atoms with Gasteiger partial charge in [0, 0.05) is 37.0 Å². The molecule has 0 aliphatic carbocycles. The summed E-state index contributed by atoms with van der Waals surface area (Å²) in [7, 11) is 1.94. The van der Waals surface area contributed by atoms with Crippen LogP contribution in [-0.2, 0) is 26.6 Å². The minimum atomic E-state index is 0.0533. The van der Waals surface area contributed by atoms with Crippen molar-refractivity contribution < 1.29 is 5.11 Å². The molecule has 0 bridgehead atoms. The molecule has 0 unspecified atom stereocenters. The molecule has 3 aromatic rings. The van der Waals surface area contributed by atoms with E-state index in [0.29, 0.717) is 13.1 Å². The summed E-state index contributed by atoms with van der Waals surface area (Å²) in [6.45, 7) is 3.30. The quantitative estimate of drug-likeness (QED) is 0.700. The molecule has 2 N–H and O–H groups in total. The van der Waals surface area contributed by atoms with Gasteiger partial charge in [0.05, 0.1) is 24.5 Å². The van der Waals surface area contributed by atoms with Gasteiger partial charge in [-0.2, -0.15) is 10.2 Å². The second-order valence-corrected chi connectivity index (χ2v) is 5.71. The third kappa shape index (κ3) is 3.49. The molecule has 6 heteroatoms. The molecule has 6 nitrogen and oxygen atoms in total. The normalized spacial score (nSPS) is 11.0. The van der Waals surface area contributed by atoms with E-state index >= 15 is 0 Å². The van der Waals surface area contributed by atoms with E-state index in [2.05, 4.69) is 22.4 Å². The number of aliphatic hydroxyl groups is 1. The van der Waals surface area contributed by atoms with Gasteiger partial charge in [-0.15, -0.1) is 0 Å². The number of nitrogens with one attached hydrogen (secondary N) is 1. The molecule has 2 aromatic heterocycles. The zero-order valence-electron chi connectivity index (χ0n) is 14.1. The van der Waals surface area contributed by atoms with Gasteiger partial charge >= 0.3 is 0 Å². The zero-order chi connectivity index (χ0) is 16.9. The standard InChI is InChI=1S/C18H23N5O/c1-3-16-15(13-22(2)20-16)12-19-18-11-17(21-23(18)9-10-24)14-7-5-4-6-8-14/h4-8,11,13,19,24H,3,9-10,12H2,1-2H3. The van der Waals surface area contributed by atoms with Gasteiger partial charge in [-0.05, 0) is 6.42 Å².